The average Bonchev–Trinajstić information content (AvgIpc) is 3.03. The molecule has 0 bridgehead atoms. The minimum Gasteiger partial charge on any atom is -0.444 e. The summed E-state index contributed by atoms with van der Waals surface area (Å²) in [5.41, 5.74) is 1.35. The van der Waals surface area contributed by atoms with Gasteiger partial charge in [-0.05, 0) is 29.8 Å². The number of amides is 2. The molecule has 0 unspecified atom stereocenters. The summed E-state index contributed by atoms with van der Waals surface area (Å²) in [4.78, 5) is 37.5. The monoisotopic (exact) mass is 388 g/mol. The Balaban J connectivity index is 1.57. The van der Waals surface area contributed by atoms with Crippen LogP contribution in [0.5, 0.6) is 0 Å². The third-order valence-corrected chi connectivity index (χ3v) is 4.19. The van der Waals surface area contributed by atoms with Crippen molar-refractivity contribution < 1.29 is 23.9 Å². The Hall–Kier alpha value is -3.06. The summed E-state index contributed by atoms with van der Waals surface area (Å²) in [6.45, 7) is -0.181. The van der Waals surface area contributed by atoms with E-state index >= 15 is 0 Å². The lowest BCUT2D eigenvalue weighted by molar-refractivity contribution is -0.140. The Morgan fingerprint density at radius 1 is 1.15 bits per heavy atom. The van der Waals surface area contributed by atoms with Gasteiger partial charge in [0.15, 0.2) is 6.73 Å². The van der Waals surface area contributed by atoms with Crippen LogP contribution in [0.15, 0.2) is 54.6 Å². The number of carbonyl (C=O) groups is 3. The fraction of sp³-hybridized carbons (Fsp3) is 0.211. The number of nitrogens with zero attached hydrogens (tertiary/aromatic N) is 1. The summed E-state index contributed by atoms with van der Waals surface area (Å²) in [7, 11) is 0. The number of anilines is 1. The maximum absolute atomic E-state index is 12.3. The molecule has 2 aromatic rings. The molecule has 27 heavy (non-hydrogen) atoms. The average molecular weight is 389 g/mol. The lowest BCUT2D eigenvalue weighted by Crippen LogP contribution is -2.40. The number of carbonyl (C=O) groups excluding carboxylic acids is 3. The van der Waals surface area contributed by atoms with Gasteiger partial charge in [0.25, 0.3) is 0 Å². The first-order valence-electron chi connectivity index (χ1n) is 8.22. The van der Waals surface area contributed by atoms with E-state index in [0.717, 1.165) is 10.5 Å². The lowest BCUT2D eigenvalue weighted by Gasteiger charge is -2.19. The van der Waals surface area contributed by atoms with Gasteiger partial charge in [0, 0.05) is 10.7 Å². The van der Waals surface area contributed by atoms with Crippen molar-refractivity contribution >= 4 is 35.3 Å². The van der Waals surface area contributed by atoms with Crippen LogP contribution >= 0.6 is 11.6 Å². The van der Waals surface area contributed by atoms with Crippen molar-refractivity contribution in [1.29, 1.82) is 0 Å². The molecule has 3 rings (SSSR count). The number of halogens is 1. The molecule has 1 N–H and O–H groups in total. The van der Waals surface area contributed by atoms with Crippen LogP contribution in [0.3, 0.4) is 0 Å². The van der Waals surface area contributed by atoms with Crippen molar-refractivity contribution in [3.63, 3.8) is 0 Å². The highest BCUT2D eigenvalue weighted by Gasteiger charge is 2.40. The molecule has 1 heterocycles. The summed E-state index contributed by atoms with van der Waals surface area (Å²) in [5, 5.41) is 3.19. The van der Waals surface area contributed by atoms with Gasteiger partial charge in [-0.25, -0.2) is 9.59 Å². The highest BCUT2D eigenvalue weighted by atomic mass is 35.5. The predicted octanol–water partition coefficient (Wildman–Crippen LogP) is 3.19. The third-order valence-electron chi connectivity index (χ3n) is 3.94. The largest absolute Gasteiger partial charge is 0.444 e. The minimum absolute atomic E-state index is 0.0635. The van der Waals surface area contributed by atoms with Crippen molar-refractivity contribution in [2.45, 2.75) is 19.1 Å². The highest BCUT2D eigenvalue weighted by molar-refractivity contribution is 6.30. The molecule has 1 saturated heterocycles. The Morgan fingerprint density at radius 2 is 1.85 bits per heavy atom. The van der Waals surface area contributed by atoms with Crippen LogP contribution in [0.2, 0.25) is 5.02 Å². The molecule has 8 heteroatoms. The molecule has 1 atom stereocenters. The summed E-state index contributed by atoms with van der Waals surface area (Å²) < 4.78 is 10.1. The topological polar surface area (TPSA) is 84.9 Å². The van der Waals surface area contributed by atoms with E-state index in [2.05, 4.69) is 5.32 Å². The zero-order valence-corrected chi connectivity index (χ0v) is 15.0. The molecule has 0 radical (unpaired) electrons. The van der Waals surface area contributed by atoms with E-state index in [1.54, 1.807) is 24.3 Å². The molecule has 2 aromatic carbocycles. The van der Waals surface area contributed by atoms with Gasteiger partial charge in [-0.2, -0.15) is 0 Å². The standard InChI is InChI=1S/C19H17ClN2O5/c20-14-6-8-15(9-7-14)21-17(23)10-16-18(24)27-12-22(16)19(25)26-11-13-4-2-1-3-5-13/h1-9,16H,10-12H2,(H,21,23)/t16-/m0/s1. The maximum Gasteiger partial charge on any atom is 0.413 e. The second kappa shape index (κ2) is 8.55. The van der Waals surface area contributed by atoms with E-state index in [1.165, 1.54) is 0 Å². The van der Waals surface area contributed by atoms with Crippen LogP contribution in [0, 0.1) is 0 Å². The van der Waals surface area contributed by atoms with Crippen molar-refractivity contribution in [1.82, 2.24) is 4.90 Å². The van der Waals surface area contributed by atoms with Gasteiger partial charge in [-0.3, -0.25) is 9.69 Å². The minimum atomic E-state index is -1.03. The van der Waals surface area contributed by atoms with Crippen molar-refractivity contribution in [2.24, 2.45) is 0 Å². The van der Waals surface area contributed by atoms with Crippen molar-refractivity contribution in [3.05, 3.63) is 65.2 Å². The molecule has 1 fully saturated rings. The lowest BCUT2D eigenvalue weighted by atomic mass is 10.2. The molecular weight excluding hydrogens is 372 g/mol. The Morgan fingerprint density at radius 3 is 2.56 bits per heavy atom. The fourth-order valence-corrected chi connectivity index (χ4v) is 2.67. The van der Waals surface area contributed by atoms with Crippen molar-refractivity contribution in [2.75, 3.05) is 12.0 Å². The van der Waals surface area contributed by atoms with Gasteiger partial charge in [0.05, 0.1) is 6.42 Å². The summed E-state index contributed by atoms with van der Waals surface area (Å²) >= 11 is 5.80. The van der Waals surface area contributed by atoms with Crippen LogP contribution in [-0.2, 0) is 25.7 Å². The van der Waals surface area contributed by atoms with E-state index in [1.807, 2.05) is 30.3 Å². The fourth-order valence-electron chi connectivity index (χ4n) is 2.54. The highest BCUT2D eigenvalue weighted by Crippen LogP contribution is 2.19. The normalized spacial score (nSPS) is 16.0. The number of ether oxygens (including phenoxy) is 2. The zero-order chi connectivity index (χ0) is 19.2. The quantitative estimate of drug-likeness (QED) is 0.795. The second-order valence-electron chi connectivity index (χ2n) is 5.88. The molecule has 1 aliphatic heterocycles. The van der Waals surface area contributed by atoms with E-state index in [9.17, 15) is 14.4 Å². The first-order chi connectivity index (χ1) is 13.0. The molecule has 2 amide bonds. The van der Waals surface area contributed by atoms with Gasteiger partial charge >= 0.3 is 12.1 Å². The number of nitrogens with one attached hydrogen (secondary N) is 1. The Bertz CT molecular complexity index is 826. The van der Waals surface area contributed by atoms with Gasteiger partial charge < -0.3 is 14.8 Å². The van der Waals surface area contributed by atoms with Crippen LogP contribution in [0.25, 0.3) is 0 Å². The Kier molecular flexibility index (Phi) is 5.93. The van der Waals surface area contributed by atoms with E-state index in [-0.39, 0.29) is 19.8 Å². The summed E-state index contributed by atoms with van der Waals surface area (Å²) in [5.74, 6) is -1.07. The van der Waals surface area contributed by atoms with Crippen LogP contribution in [-0.4, -0.2) is 35.6 Å². The van der Waals surface area contributed by atoms with Gasteiger partial charge in [0.1, 0.15) is 12.6 Å². The number of esters is 1. The van der Waals surface area contributed by atoms with Gasteiger partial charge in [-0.1, -0.05) is 41.9 Å². The number of hydrogen-bond acceptors (Lipinski definition) is 5. The molecule has 0 aliphatic carbocycles. The molecule has 0 aromatic heterocycles. The SMILES string of the molecule is O=C(C[C@H]1C(=O)OCN1C(=O)OCc1ccccc1)Nc1ccc(Cl)cc1. The number of hydrogen-bond donors (Lipinski definition) is 1. The van der Waals surface area contributed by atoms with E-state index < -0.39 is 24.0 Å². The summed E-state index contributed by atoms with van der Waals surface area (Å²) in [6.07, 6.45) is -0.948. The third kappa shape index (κ3) is 4.98. The van der Waals surface area contributed by atoms with E-state index in [4.69, 9.17) is 21.1 Å². The van der Waals surface area contributed by atoms with E-state index in [0.29, 0.717) is 10.7 Å². The zero-order valence-electron chi connectivity index (χ0n) is 14.3. The predicted molar refractivity (Wildman–Crippen MR) is 97.9 cm³/mol. The molecule has 0 saturated carbocycles. The molecule has 0 spiro atoms. The number of rotatable bonds is 5. The van der Waals surface area contributed by atoms with Crippen LogP contribution < -0.4 is 5.32 Å². The second-order valence-corrected chi connectivity index (χ2v) is 6.31. The number of cyclic esters (lactones) is 1. The Labute approximate surface area is 160 Å². The van der Waals surface area contributed by atoms with Gasteiger partial charge in [-0.15, -0.1) is 0 Å². The molecule has 7 nitrogen and oxygen atoms in total. The first kappa shape index (κ1) is 18.7. The van der Waals surface area contributed by atoms with Crippen LogP contribution in [0.4, 0.5) is 10.5 Å². The molecule has 140 valence electrons. The number of benzene rings is 2. The first-order valence-corrected chi connectivity index (χ1v) is 8.60. The maximum atomic E-state index is 12.3. The summed E-state index contributed by atoms with van der Waals surface area (Å²) in [6, 6.07) is 14.7. The smallest absolute Gasteiger partial charge is 0.413 e. The van der Waals surface area contributed by atoms with Crippen molar-refractivity contribution in [3.8, 4) is 0 Å². The molecular formula is C19H17ClN2O5. The molecule has 1 aliphatic rings. The van der Waals surface area contributed by atoms with Gasteiger partial charge in [0.2, 0.25) is 5.91 Å². The van der Waals surface area contributed by atoms with Crippen LogP contribution in [0.1, 0.15) is 12.0 Å².